The third-order valence-corrected chi connectivity index (χ3v) is 4.00. The summed E-state index contributed by atoms with van der Waals surface area (Å²) in [4.78, 5) is 0. The summed E-state index contributed by atoms with van der Waals surface area (Å²) in [7, 11) is 0. The summed E-state index contributed by atoms with van der Waals surface area (Å²) in [6.45, 7) is 2.08. The number of anilines is 1. The van der Waals surface area contributed by atoms with Gasteiger partial charge in [-0.2, -0.15) is 17.0 Å². The van der Waals surface area contributed by atoms with Gasteiger partial charge in [0.1, 0.15) is 0 Å². The molecule has 1 N–H and O–H groups in total. The van der Waals surface area contributed by atoms with Gasteiger partial charge in [0.05, 0.1) is 11.6 Å². The van der Waals surface area contributed by atoms with Crippen LogP contribution in [-0.2, 0) is 0 Å². The summed E-state index contributed by atoms with van der Waals surface area (Å²) in [5.41, 5.74) is 3.08. The first-order chi connectivity index (χ1) is 7.79. The van der Waals surface area contributed by atoms with Gasteiger partial charge in [-0.1, -0.05) is 6.07 Å². The molecule has 2 nitrogen and oxygen atoms in total. The topological polar surface area (TPSA) is 35.8 Å². The molecular weight excluding hydrogens is 216 g/mol. The van der Waals surface area contributed by atoms with E-state index in [-0.39, 0.29) is 0 Å². The first-order valence-electron chi connectivity index (χ1n) is 5.64. The Morgan fingerprint density at radius 1 is 1.38 bits per heavy atom. The second-order valence-corrected chi connectivity index (χ2v) is 5.40. The van der Waals surface area contributed by atoms with Gasteiger partial charge in [-0.25, -0.2) is 0 Å². The number of nitrogens with one attached hydrogen (secondary N) is 1. The van der Waals surface area contributed by atoms with E-state index in [1.807, 2.05) is 30.0 Å². The lowest BCUT2D eigenvalue weighted by molar-refractivity contribution is 0.666. The molecule has 0 radical (unpaired) electrons. The average Bonchev–Trinajstić information content (AvgIpc) is 2.33. The van der Waals surface area contributed by atoms with Gasteiger partial charge in [-0.15, -0.1) is 0 Å². The van der Waals surface area contributed by atoms with Gasteiger partial charge < -0.3 is 5.32 Å². The van der Waals surface area contributed by atoms with E-state index in [2.05, 4.69) is 18.3 Å². The van der Waals surface area contributed by atoms with Gasteiger partial charge in [0.15, 0.2) is 0 Å². The lowest BCUT2D eigenvalue weighted by Crippen LogP contribution is -2.24. The second kappa shape index (κ2) is 5.27. The largest absolute Gasteiger partial charge is 0.382 e. The molecule has 1 aromatic rings. The fourth-order valence-corrected chi connectivity index (χ4v) is 3.02. The highest BCUT2D eigenvalue weighted by Crippen LogP contribution is 2.23. The van der Waals surface area contributed by atoms with Crippen molar-refractivity contribution in [3.63, 3.8) is 0 Å². The molecule has 0 aliphatic carbocycles. The molecule has 1 aromatic carbocycles. The quantitative estimate of drug-likeness (QED) is 0.850. The van der Waals surface area contributed by atoms with Crippen LogP contribution in [0, 0.1) is 18.3 Å². The lowest BCUT2D eigenvalue weighted by atomic mass is 10.1. The first kappa shape index (κ1) is 11.3. The number of rotatable bonds is 2. The Bertz CT molecular complexity index is 403. The zero-order chi connectivity index (χ0) is 11.4. The molecule has 0 unspecified atom stereocenters. The predicted molar refractivity (Wildman–Crippen MR) is 69.9 cm³/mol. The van der Waals surface area contributed by atoms with Crippen molar-refractivity contribution in [3.05, 3.63) is 29.3 Å². The van der Waals surface area contributed by atoms with Crippen LogP contribution in [0.5, 0.6) is 0 Å². The highest BCUT2D eigenvalue weighted by molar-refractivity contribution is 7.99. The SMILES string of the molecule is Cc1ccc(C#N)cc1NC1CCSCC1. The maximum absolute atomic E-state index is 8.88. The Kier molecular flexibility index (Phi) is 3.74. The molecule has 3 heteroatoms. The normalized spacial score (nSPS) is 16.8. The van der Waals surface area contributed by atoms with E-state index in [4.69, 9.17) is 5.26 Å². The highest BCUT2D eigenvalue weighted by Gasteiger charge is 2.14. The Balaban J connectivity index is 2.10. The molecule has 1 saturated heterocycles. The van der Waals surface area contributed by atoms with Crippen LogP contribution in [0.25, 0.3) is 0 Å². The fraction of sp³-hybridized carbons (Fsp3) is 0.462. The maximum Gasteiger partial charge on any atom is 0.0992 e. The van der Waals surface area contributed by atoms with E-state index in [1.165, 1.54) is 29.9 Å². The van der Waals surface area contributed by atoms with Gasteiger partial charge in [-0.05, 0) is 49.0 Å². The van der Waals surface area contributed by atoms with Crippen molar-refractivity contribution in [1.29, 1.82) is 5.26 Å². The third kappa shape index (κ3) is 2.70. The van der Waals surface area contributed by atoms with Gasteiger partial charge in [0.25, 0.3) is 0 Å². The van der Waals surface area contributed by atoms with Gasteiger partial charge in [-0.3, -0.25) is 0 Å². The van der Waals surface area contributed by atoms with Crippen LogP contribution in [0.1, 0.15) is 24.0 Å². The van der Waals surface area contributed by atoms with Crippen molar-refractivity contribution in [1.82, 2.24) is 0 Å². The minimum Gasteiger partial charge on any atom is -0.382 e. The van der Waals surface area contributed by atoms with Crippen LogP contribution < -0.4 is 5.32 Å². The van der Waals surface area contributed by atoms with Crippen LogP contribution in [0.3, 0.4) is 0 Å². The molecule has 1 heterocycles. The Morgan fingerprint density at radius 2 is 2.12 bits per heavy atom. The summed E-state index contributed by atoms with van der Waals surface area (Å²) in [5, 5.41) is 12.4. The van der Waals surface area contributed by atoms with E-state index in [1.54, 1.807) is 0 Å². The number of thioether (sulfide) groups is 1. The molecule has 0 saturated carbocycles. The lowest BCUT2D eigenvalue weighted by Gasteiger charge is -2.24. The molecule has 2 rings (SSSR count). The molecule has 1 aliphatic rings. The summed E-state index contributed by atoms with van der Waals surface area (Å²) < 4.78 is 0. The number of nitriles is 1. The molecular formula is C13H16N2S. The van der Waals surface area contributed by atoms with Crippen LogP contribution in [0.2, 0.25) is 0 Å². The van der Waals surface area contributed by atoms with Crippen molar-refractivity contribution in [2.45, 2.75) is 25.8 Å². The highest BCUT2D eigenvalue weighted by atomic mass is 32.2. The van der Waals surface area contributed by atoms with E-state index >= 15 is 0 Å². The summed E-state index contributed by atoms with van der Waals surface area (Å²) in [6, 6.07) is 8.61. The van der Waals surface area contributed by atoms with Crippen LogP contribution in [-0.4, -0.2) is 17.5 Å². The van der Waals surface area contributed by atoms with E-state index in [0.29, 0.717) is 6.04 Å². The van der Waals surface area contributed by atoms with E-state index < -0.39 is 0 Å². The molecule has 0 bridgehead atoms. The molecule has 0 aromatic heterocycles. The van der Waals surface area contributed by atoms with Crippen LogP contribution >= 0.6 is 11.8 Å². The van der Waals surface area contributed by atoms with Crippen LogP contribution in [0.4, 0.5) is 5.69 Å². The number of hydrogen-bond acceptors (Lipinski definition) is 3. The minimum atomic E-state index is 0.578. The van der Waals surface area contributed by atoms with E-state index in [9.17, 15) is 0 Å². The van der Waals surface area contributed by atoms with Gasteiger partial charge >= 0.3 is 0 Å². The molecule has 1 fully saturated rings. The number of hydrogen-bond donors (Lipinski definition) is 1. The molecule has 16 heavy (non-hydrogen) atoms. The standard InChI is InChI=1S/C13H16N2S/c1-10-2-3-11(9-14)8-13(10)15-12-4-6-16-7-5-12/h2-3,8,12,15H,4-7H2,1H3. The molecule has 84 valence electrons. The van der Waals surface area contributed by atoms with Crippen LogP contribution in [0.15, 0.2) is 18.2 Å². The number of benzene rings is 1. The zero-order valence-electron chi connectivity index (χ0n) is 9.49. The average molecular weight is 232 g/mol. The minimum absolute atomic E-state index is 0.578. The Labute approximate surface area is 101 Å². The van der Waals surface area contributed by atoms with Crippen molar-refractivity contribution in [2.24, 2.45) is 0 Å². The number of aryl methyl sites for hydroxylation is 1. The monoisotopic (exact) mass is 232 g/mol. The Morgan fingerprint density at radius 3 is 2.81 bits per heavy atom. The van der Waals surface area contributed by atoms with Crippen molar-refractivity contribution in [3.8, 4) is 6.07 Å². The van der Waals surface area contributed by atoms with Gasteiger partial charge in [0, 0.05) is 11.7 Å². The molecule has 0 amide bonds. The number of nitrogens with zero attached hydrogens (tertiary/aromatic N) is 1. The van der Waals surface area contributed by atoms with Crippen molar-refractivity contribution < 1.29 is 0 Å². The molecule has 0 spiro atoms. The summed E-state index contributed by atoms with van der Waals surface area (Å²) in [6.07, 6.45) is 2.45. The van der Waals surface area contributed by atoms with Crippen molar-refractivity contribution in [2.75, 3.05) is 16.8 Å². The summed E-state index contributed by atoms with van der Waals surface area (Å²) >= 11 is 2.03. The van der Waals surface area contributed by atoms with Crippen molar-refractivity contribution >= 4 is 17.4 Å². The first-order valence-corrected chi connectivity index (χ1v) is 6.80. The van der Waals surface area contributed by atoms with Gasteiger partial charge in [0.2, 0.25) is 0 Å². The molecule has 0 atom stereocenters. The summed E-state index contributed by atoms with van der Waals surface area (Å²) in [5.74, 6) is 2.49. The predicted octanol–water partition coefficient (Wildman–Crippen LogP) is 3.17. The Hall–Kier alpha value is -1.14. The molecule has 1 aliphatic heterocycles. The smallest absolute Gasteiger partial charge is 0.0992 e. The van der Waals surface area contributed by atoms with E-state index in [0.717, 1.165) is 11.3 Å². The zero-order valence-corrected chi connectivity index (χ0v) is 10.3. The maximum atomic E-state index is 8.88. The second-order valence-electron chi connectivity index (χ2n) is 4.17. The third-order valence-electron chi connectivity index (χ3n) is 2.95. The fourth-order valence-electron chi connectivity index (χ4n) is 1.91.